The van der Waals surface area contributed by atoms with Crippen LogP contribution in [0.4, 0.5) is 0 Å². The van der Waals surface area contributed by atoms with Crippen molar-refractivity contribution in [3.05, 3.63) is 145 Å². The van der Waals surface area contributed by atoms with Crippen molar-refractivity contribution in [3.63, 3.8) is 0 Å². The molecule has 8 rings (SSSR count). The van der Waals surface area contributed by atoms with Crippen LogP contribution >= 0.6 is 0 Å². The van der Waals surface area contributed by atoms with Gasteiger partial charge < -0.3 is 0 Å². The Labute approximate surface area is 250 Å². The van der Waals surface area contributed by atoms with E-state index in [1.165, 1.54) is 37.9 Å². The molecule has 3 aromatic heterocycles. The predicted molar refractivity (Wildman–Crippen MR) is 178 cm³/mol. The molecule has 0 fully saturated rings. The van der Waals surface area contributed by atoms with Crippen molar-refractivity contribution < 1.29 is 0 Å². The summed E-state index contributed by atoms with van der Waals surface area (Å²) in [5, 5.41) is 7.55. The van der Waals surface area contributed by atoms with E-state index in [9.17, 15) is 0 Å². The van der Waals surface area contributed by atoms with E-state index < -0.39 is 0 Å². The quantitative estimate of drug-likeness (QED) is 0.204. The first-order chi connectivity index (χ1) is 21.2. The Balaban J connectivity index is 1.20. The van der Waals surface area contributed by atoms with Gasteiger partial charge in [0.15, 0.2) is 0 Å². The normalized spacial score (nSPS) is 16.5. The van der Waals surface area contributed by atoms with Crippen LogP contribution in [0, 0.1) is 5.92 Å². The summed E-state index contributed by atoms with van der Waals surface area (Å²) in [6.45, 7) is 2.26. The Bertz CT molecular complexity index is 2160. The SMILES string of the molecule is CC1C=C(c2ccccn2)N=CC1c1ccc2c3ccc(-c4ccc(-c5ccccn5)nc4)cc3c3ccccc3c2c1. The molecule has 43 heavy (non-hydrogen) atoms. The van der Waals surface area contributed by atoms with Gasteiger partial charge in [0.05, 0.1) is 22.8 Å². The average Bonchev–Trinajstić information content (AvgIpc) is 3.09. The number of rotatable bonds is 4. The largest absolute Gasteiger partial charge is 0.259 e. The van der Waals surface area contributed by atoms with E-state index in [0.29, 0.717) is 5.92 Å². The minimum atomic E-state index is 0.204. The number of nitrogens with zero attached hydrogens (tertiary/aromatic N) is 4. The number of hydrogen-bond acceptors (Lipinski definition) is 4. The van der Waals surface area contributed by atoms with Gasteiger partial charge >= 0.3 is 0 Å². The first-order valence-electron chi connectivity index (χ1n) is 14.7. The maximum atomic E-state index is 4.83. The molecule has 0 saturated carbocycles. The lowest BCUT2D eigenvalue weighted by atomic mass is 9.83. The van der Waals surface area contributed by atoms with E-state index in [1.807, 2.05) is 54.9 Å². The van der Waals surface area contributed by atoms with Gasteiger partial charge in [-0.05, 0) is 91.8 Å². The molecule has 0 saturated heterocycles. The maximum Gasteiger partial charge on any atom is 0.0886 e. The lowest BCUT2D eigenvalue weighted by Gasteiger charge is -2.23. The van der Waals surface area contributed by atoms with Crippen LogP contribution in [0.2, 0.25) is 0 Å². The van der Waals surface area contributed by atoms with E-state index in [4.69, 9.17) is 9.98 Å². The molecule has 2 atom stereocenters. The Kier molecular flexibility index (Phi) is 6.11. The topological polar surface area (TPSA) is 51.0 Å². The zero-order valence-corrected chi connectivity index (χ0v) is 23.7. The molecule has 1 aliphatic heterocycles. The van der Waals surface area contributed by atoms with Crippen molar-refractivity contribution >= 4 is 44.2 Å². The molecule has 1 aliphatic rings. The summed E-state index contributed by atoms with van der Waals surface area (Å²) in [4.78, 5) is 18.5. The minimum absolute atomic E-state index is 0.204. The van der Waals surface area contributed by atoms with Gasteiger partial charge in [-0.1, -0.05) is 79.7 Å². The third-order valence-electron chi connectivity index (χ3n) is 8.56. The van der Waals surface area contributed by atoms with Crippen molar-refractivity contribution in [3.8, 4) is 22.5 Å². The van der Waals surface area contributed by atoms with Gasteiger partial charge in [-0.3, -0.25) is 19.9 Å². The summed E-state index contributed by atoms with van der Waals surface area (Å²) in [6, 6.07) is 38.5. The van der Waals surface area contributed by atoms with Gasteiger partial charge in [-0.15, -0.1) is 0 Å². The highest BCUT2D eigenvalue weighted by Gasteiger charge is 2.22. The van der Waals surface area contributed by atoms with Gasteiger partial charge in [0.2, 0.25) is 0 Å². The second-order valence-electron chi connectivity index (χ2n) is 11.2. The third-order valence-corrected chi connectivity index (χ3v) is 8.56. The molecule has 204 valence electrons. The molecule has 0 spiro atoms. The molecule has 0 amide bonds. The van der Waals surface area contributed by atoms with Crippen molar-refractivity contribution in [1.29, 1.82) is 0 Å². The van der Waals surface area contributed by atoms with Gasteiger partial charge in [0.25, 0.3) is 0 Å². The summed E-state index contributed by atoms with van der Waals surface area (Å²) < 4.78 is 0. The number of fused-ring (bicyclic) bond motifs is 6. The van der Waals surface area contributed by atoms with Crippen LogP contribution in [0.15, 0.2) is 139 Å². The van der Waals surface area contributed by atoms with E-state index in [2.05, 4.69) is 95.9 Å². The standard InChI is InChI=1S/C39H28N4/c1-25-20-39(37-11-5-7-19-41-37)43-24-35(25)27-13-16-32-31-15-12-26(21-33(31)29-8-2-3-9-30(29)34(32)22-27)28-14-17-38(42-23-28)36-10-4-6-18-40-36/h2-25,35H,1H3. The fourth-order valence-electron chi connectivity index (χ4n) is 6.34. The first kappa shape index (κ1) is 25.2. The second kappa shape index (κ2) is 10.4. The molecule has 0 bridgehead atoms. The highest BCUT2D eigenvalue weighted by atomic mass is 14.8. The molecule has 2 unspecified atom stereocenters. The number of benzene rings is 4. The number of hydrogen-bond donors (Lipinski definition) is 0. The molecule has 4 heteroatoms. The fourth-order valence-corrected chi connectivity index (χ4v) is 6.34. The summed E-state index contributed by atoms with van der Waals surface area (Å²) in [6.07, 6.45) is 9.90. The maximum absolute atomic E-state index is 4.83. The molecule has 0 N–H and O–H groups in total. The number of aromatic nitrogens is 3. The second-order valence-corrected chi connectivity index (χ2v) is 11.2. The molecular weight excluding hydrogens is 524 g/mol. The minimum Gasteiger partial charge on any atom is -0.259 e. The monoisotopic (exact) mass is 552 g/mol. The lowest BCUT2D eigenvalue weighted by Crippen LogP contribution is -2.13. The lowest BCUT2D eigenvalue weighted by molar-refractivity contribution is 0.673. The zero-order chi connectivity index (χ0) is 28.8. The van der Waals surface area contributed by atoms with E-state index in [1.54, 1.807) is 6.20 Å². The third kappa shape index (κ3) is 4.48. The van der Waals surface area contributed by atoms with Gasteiger partial charge in [-0.25, -0.2) is 0 Å². The summed E-state index contributed by atoms with van der Waals surface area (Å²) >= 11 is 0. The summed E-state index contributed by atoms with van der Waals surface area (Å²) in [5.74, 6) is 0.508. The van der Waals surface area contributed by atoms with E-state index in [-0.39, 0.29) is 5.92 Å². The van der Waals surface area contributed by atoms with Crippen LogP contribution in [-0.4, -0.2) is 21.2 Å². The van der Waals surface area contributed by atoms with Crippen molar-refractivity contribution in [2.75, 3.05) is 0 Å². The molecule has 0 radical (unpaired) electrons. The van der Waals surface area contributed by atoms with Crippen LogP contribution in [0.25, 0.3) is 60.5 Å². The number of aliphatic imine (C=N–C) groups is 1. The molecular formula is C39H28N4. The van der Waals surface area contributed by atoms with Crippen molar-refractivity contribution in [2.45, 2.75) is 12.8 Å². The Morgan fingerprint density at radius 1 is 0.512 bits per heavy atom. The van der Waals surface area contributed by atoms with Crippen LogP contribution in [0.3, 0.4) is 0 Å². The highest BCUT2D eigenvalue weighted by Crippen LogP contribution is 2.40. The van der Waals surface area contributed by atoms with Gasteiger partial charge in [0.1, 0.15) is 0 Å². The predicted octanol–water partition coefficient (Wildman–Crippen LogP) is 9.51. The van der Waals surface area contributed by atoms with Crippen molar-refractivity contribution in [2.24, 2.45) is 10.9 Å². The molecule has 4 nitrogen and oxygen atoms in total. The summed E-state index contributed by atoms with van der Waals surface area (Å²) in [5.41, 5.74) is 7.13. The molecule has 0 aliphatic carbocycles. The molecule has 7 aromatic rings. The van der Waals surface area contributed by atoms with Gasteiger partial charge in [-0.2, -0.15) is 0 Å². The Morgan fingerprint density at radius 3 is 1.81 bits per heavy atom. The number of pyridine rings is 3. The van der Waals surface area contributed by atoms with Gasteiger partial charge in [0, 0.05) is 36.3 Å². The van der Waals surface area contributed by atoms with E-state index >= 15 is 0 Å². The average molecular weight is 553 g/mol. The fraction of sp³-hybridized carbons (Fsp3) is 0.0769. The van der Waals surface area contributed by atoms with Crippen molar-refractivity contribution in [1.82, 2.24) is 15.0 Å². The molecule has 4 aromatic carbocycles. The zero-order valence-electron chi connectivity index (χ0n) is 23.7. The Morgan fingerprint density at radius 2 is 1.14 bits per heavy atom. The number of allylic oxidation sites excluding steroid dienone is 1. The van der Waals surface area contributed by atoms with Crippen LogP contribution < -0.4 is 0 Å². The van der Waals surface area contributed by atoms with E-state index in [0.717, 1.165) is 33.9 Å². The van der Waals surface area contributed by atoms with Crippen LogP contribution in [-0.2, 0) is 0 Å². The Hall–Kier alpha value is -5.48. The molecule has 4 heterocycles. The van der Waals surface area contributed by atoms with Crippen LogP contribution in [0.1, 0.15) is 24.1 Å². The van der Waals surface area contributed by atoms with Crippen LogP contribution in [0.5, 0.6) is 0 Å². The summed E-state index contributed by atoms with van der Waals surface area (Å²) in [7, 11) is 0. The highest BCUT2D eigenvalue weighted by molar-refractivity contribution is 6.26. The first-order valence-corrected chi connectivity index (χ1v) is 14.7. The smallest absolute Gasteiger partial charge is 0.0886 e.